The van der Waals surface area contributed by atoms with E-state index in [9.17, 15) is 23.3 Å². The number of halogens is 2. The first-order valence-electron chi connectivity index (χ1n) is 11.2. The molecule has 1 atom stereocenters. The van der Waals surface area contributed by atoms with Crippen molar-refractivity contribution in [1.82, 2.24) is 4.90 Å². The van der Waals surface area contributed by atoms with Crippen molar-refractivity contribution in [2.75, 3.05) is 11.5 Å². The molecular weight excluding hydrogens is 535 g/mol. The number of benzene rings is 2. The molecule has 2 amide bonds. The molecule has 1 fully saturated rings. The number of imide groups is 1. The molecule has 0 bridgehead atoms. The van der Waals surface area contributed by atoms with Gasteiger partial charge in [-0.2, -0.15) is 5.26 Å². The number of hydrogen-bond donors (Lipinski definition) is 0. The molecule has 7 nitrogen and oxygen atoms in total. The zero-order chi connectivity index (χ0) is 26.3. The first-order valence-corrected chi connectivity index (χ1v) is 13.8. The van der Waals surface area contributed by atoms with E-state index < -0.39 is 27.7 Å². The van der Waals surface area contributed by atoms with E-state index in [2.05, 4.69) is 0 Å². The Kier molecular flexibility index (Phi) is 6.54. The van der Waals surface area contributed by atoms with E-state index in [1.165, 1.54) is 6.08 Å². The van der Waals surface area contributed by atoms with Gasteiger partial charge in [-0.15, -0.1) is 0 Å². The molecule has 2 aliphatic heterocycles. The van der Waals surface area contributed by atoms with Gasteiger partial charge in [0.05, 0.1) is 33.2 Å². The minimum absolute atomic E-state index is 0.0571. The lowest BCUT2D eigenvalue weighted by Gasteiger charge is -2.32. The molecule has 0 aliphatic carbocycles. The topological polar surface area (TPSA) is 108 Å². The van der Waals surface area contributed by atoms with Crippen molar-refractivity contribution in [2.45, 2.75) is 12.5 Å². The van der Waals surface area contributed by atoms with Crippen LogP contribution in [-0.2, 0) is 19.4 Å². The van der Waals surface area contributed by atoms with Gasteiger partial charge in [0.25, 0.3) is 11.8 Å². The zero-order valence-corrected chi connectivity index (χ0v) is 21.5. The van der Waals surface area contributed by atoms with Crippen LogP contribution in [0.15, 0.2) is 76.2 Å². The van der Waals surface area contributed by atoms with Gasteiger partial charge in [-0.3, -0.25) is 14.5 Å². The summed E-state index contributed by atoms with van der Waals surface area (Å²) in [4.78, 5) is 28.0. The van der Waals surface area contributed by atoms with E-state index in [-0.39, 0.29) is 34.6 Å². The number of amides is 2. The Morgan fingerprint density at radius 3 is 2.38 bits per heavy atom. The van der Waals surface area contributed by atoms with E-state index in [0.717, 1.165) is 4.90 Å². The quantitative estimate of drug-likeness (QED) is 0.326. The summed E-state index contributed by atoms with van der Waals surface area (Å²) in [5.74, 6) is -1.19. The Bertz CT molecular complexity index is 1650. The van der Waals surface area contributed by atoms with Crippen LogP contribution < -0.4 is 0 Å². The molecule has 3 aromatic rings. The van der Waals surface area contributed by atoms with Crippen LogP contribution in [0.3, 0.4) is 0 Å². The van der Waals surface area contributed by atoms with Crippen molar-refractivity contribution in [2.24, 2.45) is 0 Å². The Balaban J connectivity index is 1.65. The van der Waals surface area contributed by atoms with E-state index in [4.69, 9.17) is 27.6 Å². The Hall–Kier alpha value is -3.64. The summed E-state index contributed by atoms with van der Waals surface area (Å²) in [6.07, 6.45) is 1.58. The molecule has 10 heteroatoms. The van der Waals surface area contributed by atoms with Crippen LogP contribution in [0.5, 0.6) is 0 Å². The number of nitrogens with zero attached hydrogens (tertiary/aromatic N) is 2. The first kappa shape index (κ1) is 25.0. The highest BCUT2D eigenvalue weighted by atomic mass is 35.5. The summed E-state index contributed by atoms with van der Waals surface area (Å²) < 4.78 is 30.2. The number of furan rings is 1. The molecule has 5 rings (SSSR count). The van der Waals surface area contributed by atoms with Gasteiger partial charge < -0.3 is 4.42 Å². The number of nitriles is 1. The molecule has 3 heterocycles. The van der Waals surface area contributed by atoms with Gasteiger partial charge in [0.1, 0.15) is 23.2 Å². The minimum atomic E-state index is -3.40. The third-order valence-electron chi connectivity index (χ3n) is 6.27. The molecule has 0 spiro atoms. The lowest BCUT2D eigenvalue weighted by Crippen LogP contribution is -2.49. The van der Waals surface area contributed by atoms with Gasteiger partial charge in [0.2, 0.25) is 0 Å². The number of hydrogen-bond acceptors (Lipinski definition) is 6. The third-order valence-corrected chi connectivity index (χ3v) is 8.76. The van der Waals surface area contributed by atoms with Crippen LogP contribution >= 0.6 is 23.2 Å². The molecule has 186 valence electrons. The Morgan fingerprint density at radius 2 is 1.73 bits per heavy atom. The minimum Gasteiger partial charge on any atom is -0.457 e. The summed E-state index contributed by atoms with van der Waals surface area (Å²) >= 11 is 12.1. The monoisotopic (exact) mass is 552 g/mol. The van der Waals surface area contributed by atoms with Crippen LogP contribution in [0.4, 0.5) is 0 Å². The van der Waals surface area contributed by atoms with Gasteiger partial charge in [0.15, 0.2) is 9.84 Å². The van der Waals surface area contributed by atoms with Gasteiger partial charge in [-0.05, 0) is 48.4 Å². The summed E-state index contributed by atoms with van der Waals surface area (Å²) in [7, 11) is -3.40. The average molecular weight is 553 g/mol. The van der Waals surface area contributed by atoms with Gasteiger partial charge in [-0.1, -0.05) is 53.5 Å². The maximum atomic E-state index is 13.8. The highest BCUT2D eigenvalue weighted by Gasteiger charge is 2.45. The molecule has 0 saturated carbocycles. The van der Waals surface area contributed by atoms with Gasteiger partial charge in [0, 0.05) is 11.1 Å². The summed E-state index contributed by atoms with van der Waals surface area (Å²) in [5.41, 5.74) is 1.16. The fraction of sp³-hybridized carbons (Fsp3) is 0.148. The van der Waals surface area contributed by atoms with Crippen molar-refractivity contribution >= 4 is 56.5 Å². The molecule has 0 radical (unpaired) electrons. The van der Waals surface area contributed by atoms with Crippen LogP contribution in [-0.4, -0.2) is 42.7 Å². The van der Waals surface area contributed by atoms with Crippen LogP contribution in [0.2, 0.25) is 10.0 Å². The van der Waals surface area contributed by atoms with E-state index >= 15 is 0 Å². The smallest absolute Gasteiger partial charge is 0.272 e. The first-order chi connectivity index (χ1) is 17.7. The molecule has 0 N–H and O–H groups in total. The molecule has 2 aliphatic rings. The SMILES string of the molecule is N#CC1=C(c2ccccc2)/C(=C/c2ccc(-c3ccc(Cl)c(Cl)c3)o2)C(=O)N([C@@H]2CCS(=O)(=O)C2)C1=O. The van der Waals surface area contributed by atoms with Crippen LogP contribution in [0.1, 0.15) is 17.7 Å². The normalized spacial score (nSPS) is 20.5. The van der Waals surface area contributed by atoms with Crippen LogP contribution in [0, 0.1) is 11.3 Å². The molecule has 37 heavy (non-hydrogen) atoms. The number of carbonyl (C=O) groups is 2. The Labute approximate surface area is 223 Å². The second-order valence-corrected chi connectivity index (χ2v) is 11.7. The van der Waals surface area contributed by atoms with Crippen molar-refractivity contribution in [1.29, 1.82) is 5.26 Å². The number of rotatable bonds is 4. The molecule has 1 aromatic heterocycles. The predicted octanol–water partition coefficient (Wildman–Crippen LogP) is 5.17. The average Bonchev–Trinajstić information content (AvgIpc) is 3.49. The van der Waals surface area contributed by atoms with Crippen molar-refractivity contribution in [3.63, 3.8) is 0 Å². The number of carbonyl (C=O) groups excluding carboxylic acids is 2. The summed E-state index contributed by atoms with van der Waals surface area (Å²) in [6.45, 7) is 0. The van der Waals surface area contributed by atoms with Crippen LogP contribution in [0.25, 0.3) is 23.0 Å². The lowest BCUT2D eigenvalue weighted by molar-refractivity contribution is -0.142. The second-order valence-electron chi connectivity index (χ2n) is 8.65. The summed E-state index contributed by atoms with van der Waals surface area (Å²) in [6, 6.07) is 18.1. The predicted molar refractivity (Wildman–Crippen MR) is 140 cm³/mol. The van der Waals surface area contributed by atoms with E-state index in [1.54, 1.807) is 60.7 Å². The van der Waals surface area contributed by atoms with E-state index in [1.807, 2.05) is 6.07 Å². The highest BCUT2D eigenvalue weighted by Crippen LogP contribution is 2.38. The maximum Gasteiger partial charge on any atom is 0.272 e. The largest absolute Gasteiger partial charge is 0.457 e. The lowest BCUT2D eigenvalue weighted by atomic mass is 9.87. The van der Waals surface area contributed by atoms with Gasteiger partial charge >= 0.3 is 0 Å². The van der Waals surface area contributed by atoms with Gasteiger partial charge in [-0.25, -0.2) is 8.42 Å². The summed E-state index contributed by atoms with van der Waals surface area (Å²) in [5, 5.41) is 10.7. The molecule has 2 aromatic carbocycles. The standard InChI is InChI=1S/C27H18Cl2N2O5S/c28-22-8-6-17(12-23(22)29)24-9-7-19(36-24)13-20-25(16-4-2-1-3-5-16)21(14-30)27(33)31(26(20)32)18-10-11-37(34,35)15-18/h1-9,12-13,18H,10-11,15H2/b20-13-/t18-/m1/s1. The molecular formula is C27H18Cl2N2O5S. The highest BCUT2D eigenvalue weighted by molar-refractivity contribution is 7.91. The van der Waals surface area contributed by atoms with Crippen molar-refractivity contribution in [3.8, 4) is 17.4 Å². The second kappa shape index (κ2) is 9.67. The number of sulfone groups is 1. The Morgan fingerprint density at radius 1 is 0.973 bits per heavy atom. The molecule has 1 saturated heterocycles. The maximum absolute atomic E-state index is 13.8. The van der Waals surface area contributed by atoms with Crippen molar-refractivity contribution < 1.29 is 22.4 Å². The fourth-order valence-electron chi connectivity index (χ4n) is 4.52. The fourth-order valence-corrected chi connectivity index (χ4v) is 6.52. The molecule has 0 unspecified atom stereocenters. The zero-order valence-electron chi connectivity index (χ0n) is 19.1. The van der Waals surface area contributed by atoms with Crippen molar-refractivity contribution in [3.05, 3.63) is 93.2 Å². The van der Waals surface area contributed by atoms with E-state index in [0.29, 0.717) is 32.7 Å². The third kappa shape index (κ3) is 4.74.